The second-order valence-corrected chi connectivity index (χ2v) is 6.02. The maximum Gasteiger partial charge on any atom is 0.0231 e. The summed E-state index contributed by atoms with van der Waals surface area (Å²) in [6.45, 7) is 8.10. The molecule has 1 aromatic heterocycles. The molecule has 1 nitrogen and oxygen atoms in total. The molecule has 0 spiro atoms. The van der Waals surface area contributed by atoms with Crippen molar-refractivity contribution in [1.29, 1.82) is 0 Å². The Morgan fingerprint density at radius 2 is 2.14 bits per heavy atom. The van der Waals surface area contributed by atoms with Crippen LogP contribution in [0.1, 0.15) is 30.7 Å². The predicted molar refractivity (Wildman–Crippen MR) is 63.1 cm³/mol. The molecule has 0 bridgehead atoms. The molecule has 1 N–H and O–H groups in total. The van der Waals surface area contributed by atoms with Crippen molar-refractivity contribution in [3.8, 4) is 0 Å². The molecule has 1 aromatic rings. The number of thiophene rings is 1. The lowest BCUT2D eigenvalue weighted by molar-refractivity contribution is 0.481. The van der Waals surface area contributed by atoms with Gasteiger partial charge in [-0.1, -0.05) is 13.8 Å². The Bertz CT molecular complexity index is 340. The molecule has 2 rings (SSSR count). The van der Waals surface area contributed by atoms with E-state index < -0.39 is 0 Å². The van der Waals surface area contributed by atoms with Gasteiger partial charge in [0.15, 0.2) is 0 Å². The van der Waals surface area contributed by atoms with Crippen LogP contribution in [0.5, 0.6) is 0 Å². The molecule has 1 atom stereocenters. The van der Waals surface area contributed by atoms with Gasteiger partial charge in [-0.25, -0.2) is 0 Å². The highest BCUT2D eigenvalue weighted by Crippen LogP contribution is 2.65. The van der Waals surface area contributed by atoms with E-state index in [4.69, 9.17) is 0 Å². The molecule has 0 saturated heterocycles. The van der Waals surface area contributed by atoms with Gasteiger partial charge in [0.1, 0.15) is 0 Å². The summed E-state index contributed by atoms with van der Waals surface area (Å²) < 4.78 is 0. The van der Waals surface area contributed by atoms with Gasteiger partial charge in [-0.15, -0.1) is 11.3 Å². The second-order valence-electron chi connectivity index (χ2n) is 5.11. The van der Waals surface area contributed by atoms with Crippen LogP contribution in [-0.4, -0.2) is 13.6 Å². The fourth-order valence-corrected chi connectivity index (χ4v) is 3.95. The predicted octanol–water partition coefficient (Wildman–Crippen LogP) is 2.94. The van der Waals surface area contributed by atoms with Crippen LogP contribution in [0.15, 0.2) is 11.4 Å². The van der Waals surface area contributed by atoms with Crippen molar-refractivity contribution in [2.45, 2.75) is 32.6 Å². The summed E-state index contributed by atoms with van der Waals surface area (Å²) in [6, 6.07) is 2.24. The van der Waals surface area contributed by atoms with E-state index in [1.807, 2.05) is 11.3 Å². The van der Waals surface area contributed by atoms with Crippen molar-refractivity contribution >= 4 is 11.3 Å². The first-order chi connectivity index (χ1) is 6.53. The summed E-state index contributed by atoms with van der Waals surface area (Å²) in [6.07, 6.45) is 1.32. The molecule has 78 valence electrons. The Morgan fingerprint density at radius 3 is 2.50 bits per heavy atom. The lowest BCUT2D eigenvalue weighted by Gasteiger charge is -2.20. The maximum atomic E-state index is 3.35. The second kappa shape index (κ2) is 3.07. The van der Waals surface area contributed by atoms with E-state index in [0.717, 1.165) is 6.54 Å². The Morgan fingerprint density at radius 1 is 1.50 bits per heavy atom. The molecule has 0 aromatic carbocycles. The summed E-state index contributed by atoms with van der Waals surface area (Å²) in [5.41, 5.74) is 2.36. The monoisotopic (exact) mass is 209 g/mol. The standard InChI is InChI=1S/C12H19NS/c1-9-5-6-14-10(9)12(8-13-4)7-11(12,2)3/h5-6,13H,7-8H2,1-4H3. The minimum absolute atomic E-state index is 0.417. The normalized spacial score (nSPS) is 29.1. The van der Waals surface area contributed by atoms with Crippen LogP contribution in [0.25, 0.3) is 0 Å². The van der Waals surface area contributed by atoms with Gasteiger partial charge >= 0.3 is 0 Å². The van der Waals surface area contributed by atoms with Gasteiger partial charge < -0.3 is 5.32 Å². The number of hydrogen-bond donors (Lipinski definition) is 1. The van der Waals surface area contributed by atoms with Gasteiger partial charge in [0.05, 0.1) is 0 Å². The molecule has 1 aliphatic rings. The highest BCUT2D eigenvalue weighted by Gasteiger charge is 2.62. The fraction of sp³-hybridized carbons (Fsp3) is 0.667. The zero-order chi connectivity index (χ0) is 10.4. The van der Waals surface area contributed by atoms with Crippen LogP contribution < -0.4 is 5.32 Å². The number of nitrogens with one attached hydrogen (secondary N) is 1. The minimum Gasteiger partial charge on any atom is -0.319 e. The van der Waals surface area contributed by atoms with Gasteiger partial charge in [0, 0.05) is 16.8 Å². The summed E-state index contributed by atoms with van der Waals surface area (Å²) in [4.78, 5) is 1.59. The summed E-state index contributed by atoms with van der Waals surface area (Å²) in [7, 11) is 2.05. The van der Waals surface area contributed by atoms with Gasteiger partial charge in [0.25, 0.3) is 0 Å². The van der Waals surface area contributed by atoms with E-state index in [2.05, 4.69) is 44.6 Å². The van der Waals surface area contributed by atoms with E-state index in [1.54, 1.807) is 4.88 Å². The first-order valence-corrected chi connectivity index (χ1v) is 6.11. The number of likely N-dealkylation sites (N-methyl/N-ethyl adjacent to an activating group) is 1. The van der Waals surface area contributed by atoms with E-state index in [1.165, 1.54) is 12.0 Å². The molecular weight excluding hydrogens is 190 g/mol. The third-order valence-corrected chi connectivity index (χ3v) is 4.91. The van der Waals surface area contributed by atoms with Crippen LogP contribution in [0.4, 0.5) is 0 Å². The van der Waals surface area contributed by atoms with Crippen molar-refractivity contribution in [2.24, 2.45) is 5.41 Å². The molecule has 1 unspecified atom stereocenters. The lowest BCUT2D eigenvalue weighted by Crippen LogP contribution is -2.27. The average molecular weight is 209 g/mol. The Kier molecular flexibility index (Phi) is 2.24. The highest BCUT2D eigenvalue weighted by atomic mass is 32.1. The smallest absolute Gasteiger partial charge is 0.0231 e. The lowest BCUT2D eigenvalue weighted by atomic mass is 9.92. The minimum atomic E-state index is 0.417. The Hall–Kier alpha value is -0.340. The van der Waals surface area contributed by atoms with E-state index in [9.17, 15) is 0 Å². The van der Waals surface area contributed by atoms with Gasteiger partial charge in [-0.3, -0.25) is 0 Å². The van der Waals surface area contributed by atoms with Crippen LogP contribution in [0.2, 0.25) is 0 Å². The number of aryl methyl sites for hydroxylation is 1. The number of rotatable bonds is 3. The molecule has 1 saturated carbocycles. The molecule has 1 heterocycles. The quantitative estimate of drug-likeness (QED) is 0.807. The van der Waals surface area contributed by atoms with Crippen molar-refractivity contribution in [2.75, 3.05) is 13.6 Å². The van der Waals surface area contributed by atoms with Crippen LogP contribution in [-0.2, 0) is 5.41 Å². The van der Waals surface area contributed by atoms with Gasteiger partial charge in [0.2, 0.25) is 0 Å². The van der Waals surface area contributed by atoms with Crippen LogP contribution in [0.3, 0.4) is 0 Å². The first-order valence-electron chi connectivity index (χ1n) is 5.23. The molecule has 2 heteroatoms. The maximum absolute atomic E-state index is 3.35. The van der Waals surface area contributed by atoms with Crippen molar-refractivity contribution < 1.29 is 0 Å². The third-order valence-electron chi connectivity index (χ3n) is 3.69. The summed E-state index contributed by atoms with van der Waals surface area (Å²) >= 11 is 1.92. The van der Waals surface area contributed by atoms with Crippen LogP contribution >= 0.6 is 11.3 Å². The fourth-order valence-electron chi connectivity index (χ4n) is 2.64. The van der Waals surface area contributed by atoms with Crippen molar-refractivity contribution in [3.63, 3.8) is 0 Å². The molecular formula is C12H19NS. The SMILES string of the molecule is CNCC1(c2sccc2C)CC1(C)C. The van der Waals surface area contributed by atoms with Gasteiger partial charge in [-0.2, -0.15) is 0 Å². The Labute approximate surface area is 90.5 Å². The zero-order valence-corrected chi connectivity index (χ0v) is 10.3. The highest BCUT2D eigenvalue weighted by molar-refractivity contribution is 7.10. The van der Waals surface area contributed by atoms with Crippen molar-refractivity contribution in [3.05, 3.63) is 21.9 Å². The molecule has 14 heavy (non-hydrogen) atoms. The molecule has 0 radical (unpaired) electrons. The average Bonchev–Trinajstić information content (AvgIpc) is 2.45. The first kappa shape index (κ1) is 10.2. The largest absolute Gasteiger partial charge is 0.319 e. The zero-order valence-electron chi connectivity index (χ0n) is 9.48. The van der Waals surface area contributed by atoms with Crippen molar-refractivity contribution in [1.82, 2.24) is 5.32 Å². The number of hydrogen-bond acceptors (Lipinski definition) is 2. The van der Waals surface area contributed by atoms with E-state index in [-0.39, 0.29) is 0 Å². The third kappa shape index (κ3) is 1.24. The van der Waals surface area contributed by atoms with E-state index >= 15 is 0 Å². The molecule has 1 fully saturated rings. The summed E-state index contributed by atoms with van der Waals surface area (Å²) in [5.74, 6) is 0. The Balaban J connectivity index is 2.36. The van der Waals surface area contributed by atoms with Gasteiger partial charge in [-0.05, 0) is 42.8 Å². The molecule has 0 aliphatic heterocycles. The topological polar surface area (TPSA) is 12.0 Å². The summed E-state index contributed by atoms with van der Waals surface area (Å²) in [5, 5.41) is 5.57. The van der Waals surface area contributed by atoms with E-state index in [0.29, 0.717) is 10.8 Å². The molecule has 1 aliphatic carbocycles. The molecule has 0 amide bonds. The van der Waals surface area contributed by atoms with Crippen LogP contribution in [0, 0.1) is 12.3 Å².